The molecule has 5 heteroatoms. The molecular weight excluding hydrogens is 412 g/mol. The summed E-state index contributed by atoms with van der Waals surface area (Å²) in [5.74, 6) is -0.963. The van der Waals surface area contributed by atoms with Crippen LogP contribution in [-0.2, 0) is 4.79 Å². The number of furan rings is 1. The van der Waals surface area contributed by atoms with Crippen LogP contribution < -0.4 is 0 Å². The highest BCUT2D eigenvalue weighted by Crippen LogP contribution is 2.38. The lowest BCUT2D eigenvalue weighted by Gasteiger charge is -2.17. The molecule has 5 nitrogen and oxygen atoms in total. The number of hydrogen-bond acceptors (Lipinski definition) is 3. The molecule has 3 aromatic carbocycles. The molecule has 0 saturated carbocycles. The van der Waals surface area contributed by atoms with E-state index in [-0.39, 0.29) is 0 Å². The van der Waals surface area contributed by atoms with Crippen LogP contribution in [0.4, 0.5) is 0 Å². The number of nitrogens with one attached hydrogen (secondary N) is 1. The maximum atomic E-state index is 10.9. The first kappa shape index (κ1) is 20.5. The quantitative estimate of drug-likeness (QED) is 0.228. The second kappa shape index (κ2) is 8.63. The van der Waals surface area contributed by atoms with Crippen LogP contribution in [0.1, 0.15) is 35.6 Å². The Bertz CT molecular complexity index is 1520. The summed E-state index contributed by atoms with van der Waals surface area (Å²) in [6.45, 7) is 2.16. The minimum Gasteiger partial charge on any atom is -0.478 e. The Morgan fingerprint density at radius 3 is 2.67 bits per heavy atom. The van der Waals surface area contributed by atoms with Gasteiger partial charge in [-0.15, -0.1) is 0 Å². The minimum absolute atomic E-state index is 0.823. The standard InChI is InChI=1S/C28H22N2O3/c1-2-22(23-4-3-5-26-24(23)14-15-33-26)28(20-11-12-25-21(16-20)17-29-30-25)19-9-6-18(7-10-19)8-13-27(31)32/h3-17H,2H2,1H3,(H,29,30)(H,31,32). The number of carboxylic acid groups (broad SMARTS) is 1. The Kier molecular flexibility index (Phi) is 5.37. The van der Waals surface area contributed by atoms with Gasteiger partial charge < -0.3 is 9.52 Å². The summed E-state index contributed by atoms with van der Waals surface area (Å²) in [7, 11) is 0. The Morgan fingerprint density at radius 2 is 1.88 bits per heavy atom. The maximum absolute atomic E-state index is 10.9. The zero-order valence-electron chi connectivity index (χ0n) is 18.1. The smallest absolute Gasteiger partial charge is 0.328 e. The van der Waals surface area contributed by atoms with Crippen LogP contribution in [-0.4, -0.2) is 21.3 Å². The number of aromatic nitrogens is 2. The highest BCUT2D eigenvalue weighted by Gasteiger charge is 2.16. The van der Waals surface area contributed by atoms with Crippen molar-refractivity contribution in [3.8, 4) is 0 Å². The highest BCUT2D eigenvalue weighted by molar-refractivity contribution is 6.05. The van der Waals surface area contributed by atoms with Crippen LogP contribution in [0.2, 0.25) is 0 Å². The van der Waals surface area contributed by atoms with E-state index in [9.17, 15) is 4.79 Å². The minimum atomic E-state index is -0.963. The van der Waals surface area contributed by atoms with Crippen molar-refractivity contribution >= 4 is 45.1 Å². The molecule has 0 aliphatic heterocycles. The number of benzene rings is 3. The molecule has 5 aromatic rings. The van der Waals surface area contributed by atoms with Crippen molar-refractivity contribution in [1.29, 1.82) is 0 Å². The monoisotopic (exact) mass is 434 g/mol. The normalized spacial score (nSPS) is 12.5. The van der Waals surface area contributed by atoms with Crippen LogP contribution in [0.3, 0.4) is 0 Å². The van der Waals surface area contributed by atoms with E-state index in [2.05, 4.69) is 35.3 Å². The number of aliphatic carboxylic acids is 1. The van der Waals surface area contributed by atoms with E-state index in [0.717, 1.165) is 62.2 Å². The van der Waals surface area contributed by atoms with E-state index < -0.39 is 5.97 Å². The Labute approximate surface area is 190 Å². The second-order valence-corrected chi connectivity index (χ2v) is 7.81. The molecule has 0 fully saturated rings. The van der Waals surface area contributed by atoms with Gasteiger partial charge in [-0.3, -0.25) is 5.10 Å². The fourth-order valence-corrected chi connectivity index (χ4v) is 4.30. The predicted octanol–water partition coefficient (Wildman–Crippen LogP) is 6.78. The summed E-state index contributed by atoms with van der Waals surface area (Å²) in [5, 5.41) is 18.2. The second-order valence-electron chi connectivity index (χ2n) is 7.81. The van der Waals surface area contributed by atoms with Gasteiger partial charge in [0.15, 0.2) is 0 Å². The lowest BCUT2D eigenvalue weighted by atomic mass is 9.86. The van der Waals surface area contributed by atoms with Gasteiger partial charge in [0.1, 0.15) is 5.58 Å². The molecule has 2 N–H and O–H groups in total. The van der Waals surface area contributed by atoms with Crippen LogP contribution in [0.25, 0.3) is 39.1 Å². The van der Waals surface area contributed by atoms with Crippen LogP contribution in [0.5, 0.6) is 0 Å². The molecule has 0 spiro atoms. The Balaban J connectivity index is 1.74. The first-order chi connectivity index (χ1) is 16.1. The van der Waals surface area contributed by atoms with Gasteiger partial charge in [-0.1, -0.05) is 49.4 Å². The highest BCUT2D eigenvalue weighted by atomic mass is 16.4. The van der Waals surface area contributed by atoms with Gasteiger partial charge in [0.25, 0.3) is 0 Å². The fourth-order valence-electron chi connectivity index (χ4n) is 4.30. The maximum Gasteiger partial charge on any atom is 0.328 e. The average molecular weight is 434 g/mol. The number of nitrogens with zero attached hydrogens (tertiary/aromatic N) is 1. The molecule has 0 aliphatic carbocycles. The third-order valence-corrected chi connectivity index (χ3v) is 5.82. The zero-order valence-corrected chi connectivity index (χ0v) is 18.1. The number of carboxylic acids is 1. The number of rotatable bonds is 6. The lowest BCUT2D eigenvalue weighted by Crippen LogP contribution is -1.96. The molecule has 0 bridgehead atoms. The molecule has 2 aromatic heterocycles. The Morgan fingerprint density at radius 1 is 1.06 bits per heavy atom. The molecule has 162 valence electrons. The van der Waals surface area contributed by atoms with E-state index in [1.807, 2.05) is 54.7 Å². The van der Waals surface area contributed by atoms with E-state index >= 15 is 0 Å². The zero-order chi connectivity index (χ0) is 22.8. The summed E-state index contributed by atoms with van der Waals surface area (Å²) in [6, 6.07) is 22.4. The van der Waals surface area contributed by atoms with Crippen molar-refractivity contribution in [2.45, 2.75) is 13.3 Å². The summed E-state index contributed by atoms with van der Waals surface area (Å²) in [6.07, 6.45) is 7.13. The summed E-state index contributed by atoms with van der Waals surface area (Å²) < 4.78 is 5.66. The summed E-state index contributed by atoms with van der Waals surface area (Å²) >= 11 is 0. The lowest BCUT2D eigenvalue weighted by molar-refractivity contribution is -0.131. The number of carbonyl (C=O) groups is 1. The van der Waals surface area contributed by atoms with Gasteiger partial charge in [-0.25, -0.2) is 4.79 Å². The van der Waals surface area contributed by atoms with Gasteiger partial charge in [0, 0.05) is 16.8 Å². The van der Waals surface area contributed by atoms with Gasteiger partial charge in [-0.05, 0) is 70.2 Å². The largest absolute Gasteiger partial charge is 0.478 e. The van der Waals surface area contributed by atoms with E-state index in [0.29, 0.717) is 0 Å². The van der Waals surface area contributed by atoms with Crippen molar-refractivity contribution in [2.75, 3.05) is 0 Å². The number of allylic oxidation sites excluding steroid dienone is 1. The van der Waals surface area contributed by atoms with Gasteiger partial charge in [-0.2, -0.15) is 5.10 Å². The molecule has 0 radical (unpaired) electrons. The molecule has 0 unspecified atom stereocenters. The third kappa shape index (κ3) is 3.96. The summed E-state index contributed by atoms with van der Waals surface area (Å²) in [5.41, 5.74) is 8.31. The Hall–Kier alpha value is -4.38. The van der Waals surface area contributed by atoms with Gasteiger partial charge in [0.2, 0.25) is 0 Å². The van der Waals surface area contributed by atoms with Crippen molar-refractivity contribution < 1.29 is 14.3 Å². The number of fused-ring (bicyclic) bond motifs is 2. The van der Waals surface area contributed by atoms with Crippen LogP contribution in [0, 0.1) is 0 Å². The predicted molar refractivity (Wildman–Crippen MR) is 132 cm³/mol. The molecule has 0 atom stereocenters. The van der Waals surface area contributed by atoms with E-state index in [1.165, 1.54) is 5.57 Å². The van der Waals surface area contributed by atoms with Gasteiger partial charge >= 0.3 is 5.97 Å². The third-order valence-electron chi connectivity index (χ3n) is 5.82. The van der Waals surface area contributed by atoms with Crippen molar-refractivity contribution in [3.05, 3.63) is 108 Å². The molecule has 0 amide bonds. The molecule has 33 heavy (non-hydrogen) atoms. The molecule has 5 rings (SSSR count). The van der Waals surface area contributed by atoms with Crippen LogP contribution in [0.15, 0.2) is 89.7 Å². The average Bonchev–Trinajstić information content (AvgIpc) is 3.50. The summed E-state index contributed by atoms with van der Waals surface area (Å²) in [4.78, 5) is 10.9. The van der Waals surface area contributed by atoms with E-state index in [1.54, 1.807) is 12.3 Å². The van der Waals surface area contributed by atoms with Crippen LogP contribution >= 0.6 is 0 Å². The van der Waals surface area contributed by atoms with Crippen molar-refractivity contribution in [2.24, 2.45) is 0 Å². The molecule has 0 aliphatic rings. The SMILES string of the molecule is CCC(=C(c1ccc(C=CC(=O)O)cc1)c1ccc2[nH]ncc2c1)c1cccc2occc12. The van der Waals surface area contributed by atoms with Gasteiger partial charge in [0.05, 0.1) is 18.0 Å². The van der Waals surface area contributed by atoms with Crippen molar-refractivity contribution in [1.82, 2.24) is 10.2 Å². The molecular formula is C28H22N2O3. The topological polar surface area (TPSA) is 79.1 Å². The molecule has 0 saturated heterocycles. The molecule has 2 heterocycles. The fraction of sp³-hybridized carbons (Fsp3) is 0.0714. The van der Waals surface area contributed by atoms with Crippen molar-refractivity contribution in [3.63, 3.8) is 0 Å². The first-order valence-electron chi connectivity index (χ1n) is 10.8. The number of H-pyrrole nitrogens is 1. The van der Waals surface area contributed by atoms with E-state index in [4.69, 9.17) is 9.52 Å². The first-order valence-corrected chi connectivity index (χ1v) is 10.8. The number of aromatic amines is 1. The number of hydrogen-bond donors (Lipinski definition) is 2.